The van der Waals surface area contributed by atoms with E-state index < -0.39 is 0 Å². The van der Waals surface area contributed by atoms with Crippen LogP contribution in [-0.2, 0) is 4.74 Å². The van der Waals surface area contributed by atoms with Gasteiger partial charge in [0.05, 0.1) is 0 Å². The first-order valence-corrected chi connectivity index (χ1v) is 4.47. The van der Waals surface area contributed by atoms with E-state index in [-0.39, 0.29) is 5.60 Å². The lowest BCUT2D eigenvalue weighted by Crippen LogP contribution is -2.35. The molecule has 0 spiro atoms. The summed E-state index contributed by atoms with van der Waals surface area (Å²) in [6, 6.07) is 0. The number of allylic oxidation sites excluding steroid dienone is 1. The van der Waals surface area contributed by atoms with Gasteiger partial charge in [-0.3, -0.25) is 0 Å². The zero-order chi connectivity index (χ0) is 9.90. The van der Waals surface area contributed by atoms with Crippen molar-refractivity contribution in [3.8, 4) is 0 Å². The Hall–Kier alpha value is -1.02. The van der Waals surface area contributed by atoms with Gasteiger partial charge in [0.1, 0.15) is 11.4 Å². The molecule has 0 bridgehead atoms. The van der Waals surface area contributed by atoms with E-state index in [1.165, 1.54) is 0 Å². The Morgan fingerprint density at radius 3 is 2.62 bits per heavy atom. The first-order chi connectivity index (χ1) is 6.09. The number of nitrogens with one attached hydrogen (secondary N) is 1. The zero-order valence-corrected chi connectivity index (χ0v) is 8.39. The van der Waals surface area contributed by atoms with E-state index in [0.717, 1.165) is 24.4 Å². The van der Waals surface area contributed by atoms with Crippen LogP contribution in [0.3, 0.4) is 0 Å². The number of hydrogen-bond acceptors (Lipinski definition) is 2. The van der Waals surface area contributed by atoms with Crippen LogP contribution in [0, 0.1) is 0 Å². The summed E-state index contributed by atoms with van der Waals surface area (Å²) in [5, 5.41) is 3.30. The summed E-state index contributed by atoms with van der Waals surface area (Å²) in [6.07, 6.45) is 3.55. The molecule has 0 aromatic carbocycles. The van der Waals surface area contributed by atoms with Gasteiger partial charge in [-0.25, -0.2) is 0 Å². The number of hydrogen-bond donors (Lipinski definition) is 1. The fourth-order valence-corrected chi connectivity index (χ4v) is 1.33. The third kappa shape index (κ3) is 2.46. The first-order valence-electron chi connectivity index (χ1n) is 4.47. The summed E-state index contributed by atoms with van der Waals surface area (Å²) >= 11 is 0. The van der Waals surface area contributed by atoms with Gasteiger partial charge in [-0.1, -0.05) is 19.2 Å². The second-order valence-corrected chi connectivity index (χ2v) is 3.76. The normalized spacial score (nSPS) is 21.7. The summed E-state index contributed by atoms with van der Waals surface area (Å²) in [5.41, 5.74) is 0.898. The highest BCUT2D eigenvalue weighted by Gasteiger charge is 2.23. The molecule has 0 radical (unpaired) electrons. The molecule has 0 atom stereocenters. The Bertz CT molecular complexity index is 251. The molecule has 0 saturated carbocycles. The predicted octanol–water partition coefficient (Wildman–Crippen LogP) is 2.01. The van der Waals surface area contributed by atoms with Crippen LogP contribution < -0.4 is 5.32 Å². The Morgan fingerprint density at radius 1 is 1.38 bits per heavy atom. The van der Waals surface area contributed by atoms with Gasteiger partial charge in [0.25, 0.3) is 0 Å². The first kappa shape index (κ1) is 10.1. The molecule has 1 N–H and O–H groups in total. The summed E-state index contributed by atoms with van der Waals surface area (Å²) < 4.78 is 5.78. The molecular weight excluding hydrogens is 162 g/mol. The lowest BCUT2D eigenvalue weighted by molar-refractivity contribution is 0.0479. The van der Waals surface area contributed by atoms with Gasteiger partial charge in [0.2, 0.25) is 0 Å². The molecule has 1 aliphatic heterocycles. The van der Waals surface area contributed by atoms with Crippen molar-refractivity contribution < 1.29 is 4.74 Å². The summed E-state index contributed by atoms with van der Waals surface area (Å²) in [5.74, 6) is 0.838. The zero-order valence-electron chi connectivity index (χ0n) is 8.39. The second-order valence-electron chi connectivity index (χ2n) is 3.76. The average molecular weight is 179 g/mol. The maximum Gasteiger partial charge on any atom is 0.124 e. The molecule has 0 amide bonds. The Morgan fingerprint density at radius 2 is 2.08 bits per heavy atom. The van der Waals surface area contributed by atoms with Gasteiger partial charge < -0.3 is 10.1 Å². The molecule has 2 nitrogen and oxygen atoms in total. The molecule has 2 heteroatoms. The topological polar surface area (TPSA) is 21.3 Å². The average Bonchev–Trinajstić information content (AvgIpc) is 2.22. The molecule has 0 aromatic heterocycles. The van der Waals surface area contributed by atoms with Crippen molar-refractivity contribution in [2.45, 2.75) is 19.4 Å². The fraction of sp³-hybridized carbons (Fsp3) is 0.455. The van der Waals surface area contributed by atoms with Crippen molar-refractivity contribution in [3.63, 3.8) is 0 Å². The highest BCUT2D eigenvalue weighted by atomic mass is 16.5. The van der Waals surface area contributed by atoms with Crippen LogP contribution in [-0.4, -0.2) is 18.7 Å². The lowest BCUT2D eigenvalue weighted by Gasteiger charge is -2.24. The monoisotopic (exact) mass is 179 g/mol. The van der Waals surface area contributed by atoms with Crippen LogP contribution in [0.5, 0.6) is 0 Å². The van der Waals surface area contributed by atoms with Crippen molar-refractivity contribution in [1.29, 1.82) is 0 Å². The molecule has 0 aromatic rings. The molecule has 0 aliphatic carbocycles. The van der Waals surface area contributed by atoms with Crippen molar-refractivity contribution in [2.24, 2.45) is 0 Å². The third-order valence-electron chi connectivity index (χ3n) is 2.00. The van der Waals surface area contributed by atoms with Crippen molar-refractivity contribution in [2.75, 3.05) is 13.1 Å². The Labute approximate surface area is 80.0 Å². The van der Waals surface area contributed by atoms with Gasteiger partial charge in [-0.05, 0) is 19.9 Å². The summed E-state index contributed by atoms with van der Waals surface area (Å²) in [6.45, 7) is 13.2. The molecule has 13 heavy (non-hydrogen) atoms. The minimum Gasteiger partial charge on any atom is -0.486 e. The van der Waals surface area contributed by atoms with Crippen LogP contribution in [0.4, 0.5) is 0 Å². The van der Waals surface area contributed by atoms with Crippen LogP contribution in [0.15, 0.2) is 36.6 Å². The smallest absolute Gasteiger partial charge is 0.124 e. The molecule has 1 heterocycles. The van der Waals surface area contributed by atoms with Crippen LogP contribution in [0.1, 0.15) is 13.8 Å². The minimum absolute atomic E-state index is 0.172. The van der Waals surface area contributed by atoms with Gasteiger partial charge in [0, 0.05) is 18.7 Å². The molecule has 0 unspecified atom stereocenters. The molecular formula is C11H17NO. The van der Waals surface area contributed by atoms with Crippen molar-refractivity contribution >= 4 is 0 Å². The number of rotatable bonds is 2. The summed E-state index contributed by atoms with van der Waals surface area (Å²) in [7, 11) is 0. The van der Waals surface area contributed by atoms with E-state index >= 15 is 0 Å². The highest BCUT2D eigenvalue weighted by molar-refractivity contribution is 5.29. The lowest BCUT2D eigenvalue weighted by atomic mass is 10.1. The maximum absolute atomic E-state index is 5.78. The van der Waals surface area contributed by atoms with E-state index in [0.29, 0.717) is 0 Å². The quantitative estimate of drug-likeness (QED) is 0.700. The highest BCUT2D eigenvalue weighted by Crippen LogP contribution is 2.20. The number of ether oxygens (including phenoxy) is 1. The van der Waals surface area contributed by atoms with Crippen LogP contribution >= 0.6 is 0 Å². The molecule has 1 rings (SSSR count). The maximum atomic E-state index is 5.78. The standard InChI is InChI=1S/C11H17NO/c1-5-9-7-12-8-11(3,4)13-10(9)6-2/h5-6,12H,1-2,7-8H2,3-4H3. The van der Waals surface area contributed by atoms with E-state index in [4.69, 9.17) is 4.74 Å². The van der Waals surface area contributed by atoms with E-state index in [1.807, 2.05) is 6.08 Å². The van der Waals surface area contributed by atoms with E-state index in [1.54, 1.807) is 6.08 Å². The van der Waals surface area contributed by atoms with Gasteiger partial charge in [-0.2, -0.15) is 0 Å². The van der Waals surface area contributed by atoms with Crippen molar-refractivity contribution in [1.82, 2.24) is 5.32 Å². The van der Waals surface area contributed by atoms with Gasteiger partial charge in [-0.15, -0.1) is 0 Å². The van der Waals surface area contributed by atoms with Gasteiger partial charge >= 0.3 is 0 Å². The van der Waals surface area contributed by atoms with E-state index in [9.17, 15) is 0 Å². The summed E-state index contributed by atoms with van der Waals surface area (Å²) in [4.78, 5) is 0. The van der Waals surface area contributed by atoms with Crippen molar-refractivity contribution in [3.05, 3.63) is 36.6 Å². The SMILES string of the molecule is C=CC1=C(C=C)OC(C)(C)CNC1. The van der Waals surface area contributed by atoms with Crippen LogP contribution in [0.25, 0.3) is 0 Å². The minimum atomic E-state index is -0.172. The third-order valence-corrected chi connectivity index (χ3v) is 2.00. The van der Waals surface area contributed by atoms with E-state index in [2.05, 4.69) is 32.3 Å². The molecule has 0 fully saturated rings. The van der Waals surface area contributed by atoms with Gasteiger partial charge in [0.15, 0.2) is 0 Å². The fourth-order valence-electron chi connectivity index (χ4n) is 1.33. The molecule has 0 saturated heterocycles. The second kappa shape index (κ2) is 3.79. The van der Waals surface area contributed by atoms with Crippen LogP contribution in [0.2, 0.25) is 0 Å². The predicted molar refractivity (Wildman–Crippen MR) is 55.5 cm³/mol. The Balaban J connectivity index is 2.94. The largest absolute Gasteiger partial charge is 0.486 e. The molecule has 1 aliphatic rings. The Kier molecular flexibility index (Phi) is 2.94. The molecule has 72 valence electrons.